The predicted molar refractivity (Wildman–Crippen MR) is 79.6 cm³/mol. The average molecular weight is 339 g/mol. The SMILES string of the molecule is Nc1ccc2c(c1)N(Cc1cc(Br)cs1)C(=O)CO2. The van der Waals surface area contributed by atoms with Gasteiger partial charge in [-0.1, -0.05) is 0 Å². The van der Waals surface area contributed by atoms with Crippen LogP contribution in [0, 0.1) is 0 Å². The number of carbonyl (C=O) groups excluding carboxylic acids is 1. The highest BCUT2D eigenvalue weighted by atomic mass is 79.9. The smallest absolute Gasteiger partial charge is 0.265 e. The number of ether oxygens (including phenoxy) is 1. The van der Waals surface area contributed by atoms with Crippen LogP contribution >= 0.6 is 27.3 Å². The van der Waals surface area contributed by atoms with Crippen LogP contribution < -0.4 is 15.4 Å². The highest BCUT2D eigenvalue weighted by molar-refractivity contribution is 9.10. The van der Waals surface area contributed by atoms with Gasteiger partial charge in [-0.25, -0.2) is 0 Å². The maximum atomic E-state index is 12.0. The number of carbonyl (C=O) groups is 1. The average Bonchev–Trinajstić information content (AvgIpc) is 2.79. The number of fused-ring (bicyclic) bond motifs is 1. The maximum Gasteiger partial charge on any atom is 0.265 e. The summed E-state index contributed by atoms with van der Waals surface area (Å²) in [5.41, 5.74) is 7.15. The Morgan fingerprint density at radius 3 is 3.00 bits per heavy atom. The van der Waals surface area contributed by atoms with Crippen molar-refractivity contribution in [1.29, 1.82) is 0 Å². The molecular weight excluding hydrogens is 328 g/mol. The summed E-state index contributed by atoms with van der Waals surface area (Å²) in [5, 5.41) is 2.00. The molecule has 0 saturated carbocycles. The van der Waals surface area contributed by atoms with E-state index in [2.05, 4.69) is 15.9 Å². The molecule has 2 aromatic rings. The summed E-state index contributed by atoms with van der Waals surface area (Å²) in [6, 6.07) is 7.36. The van der Waals surface area contributed by atoms with E-state index in [9.17, 15) is 4.79 Å². The van der Waals surface area contributed by atoms with Crippen molar-refractivity contribution in [3.05, 3.63) is 39.0 Å². The molecule has 0 fully saturated rings. The van der Waals surface area contributed by atoms with Gasteiger partial charge in [-0.15, -0.1) is 11.3 Å². The standard InChI is InChI=1S/C13H11BrN2O2S/c14-8-3-10(19-7-8)5-16-11-4-9(15)1-2-12(11)18-6-13(16)17/h1-4,7H,5-6,15H2. The minimum absolute atomic E-state index is 0.0531. The Kier molecular flexibility index (Phi) is 3.20. The van der Waals surface area contributed by atoms with Gasteiger partial charge in [-0.3, -0.25) is 4.79 Å². The first-order valence-corrected chi connectivity index (χ1v) is 7.36. The first-order chi connectivity index (χ1) is 9.13. The first kappa shape index (κ1) is 12.5. The number of amides is 1. The van der Waals surface area contributed by atoms with Crippen LogP contribution in [0.5, 0.6) is 5.75 Å². The lowest BCUT2D eigenvalue weighted by Gasteiger charge is -2.29. The summed E-state index contributed by atoms with van der Waals surface area (Å²) in [6.07, 6.45) is 0. The molecule has 0 radical (unpaired) electrons. The fraction of sp³-hybridized carbons (Fsp3) is 0.154. The minimum atomic E-state index is -0.0531. The Bertz CT molecular complexity index is 641. The van der Waals surface area contributed by atoms with Crippen molar-refractivity contribution < 1.29 is 9.53 Å². The topological polar surface area (TPSA) is 55.6 Å². The maximum absolute atomic E-state index is 12.0. The third-order valence-corrected chi connectivity index (χ3v) is 4.54. The van der Waals surface area contributed by atoms with Gasteiger partial charge in [-0.2, -0.15) is 0 Å². The molecule has 98 valence electrons. The van der Waals surface area contributed by atoms with Crippen molar-refractivity contribution in [3.8, 4) is 5.75 Å². The van der Waals surface area contributed by atoms with Gasteiger partial charge in [0.15, 0.2) is 6.61 Å². The van der Waals surface area contributed by atoms with Crippen LogP contribution in [0.2, 0.25) is 0 Å². The number of hydrogen-bond donors (Lipinski definition) is 1. The summed E-state index contributed by atoms with van der Waals surface area (Å²) >= 11 is 5.03. The second-order valence-corrected chi connectivity index (χ2v) is 6.14. The van der Waals surface area contributed by atoms with Gasteiger partial charge in [0, 0.05) is 20.4 Å². The molecule has 0 bridgehead atoms. The summed E-state index contributed by atoms with van der Waals surface area (Å²) < 4.78 is 6.44. The van der Waals surface area contributed by atoms with Crippen molar-refractivity contribution >= 4 is 44.5 Å². The second-order valence-electron chi connectivity index (χ2n) is 4.23. The van der Waals surface area contributed by atoms with Gasteiger partial charge in [0.2, 0.25) is 0 Å². The fourth-order valence-electron chi connectivity index (χ4n) is 1.99. The molecule has 19 heavy (non-hydrogen) atoms. The van der Waals surface area contributed by atoms with Crippen molar-refractivity contribution in [2.24, 2.45) is 0 Å². The van der Waals surface area contributed by atoms with Crippen LogP contribution in [-0.2, 0) is 11.3 Å². The summed E-state index contributed by atoms with van der Waals surface area (Å²) in [6.45, 7) is 0.610. The summed E-state index contributed by atoms with van der Waals surface area (Å²) in [7, 11) is 0. The number of anilines is 2. The highest BCUT2D eigenvalue weighted by Crippen LogP contribution is 2.35. The van der Waals surface area contributed by atoms with E-state index < -0.39 is 0 Å². The van der Waals surface area contributed by atoms with Crippen molar-refractivity contribution in [1.82, 2.24) is 0 Å². The largest absolute Gasteiger partial charge is 0.482 e. The number of nitrogens with zero attached hydrogens (tertiary/aromatic N) is 1. The number of halogens is 1. The molecule has 0 aliphatic carbocycles. The molecule has 2 N–H and O–H groups in total. The third-order valence-electron chi connectivity index (χ3n) is 2.86. The number of thiophene rings is 1. The van der Waals surface area contributed by atoms with Crippen LogP contribution in [0.15, 0.2) is 34.1 Å². The van der Waals surface area contributed by atoms with Crippen LogP contribution in [0.4, 0.5) is 11.4 Å². The van der Waals surface area contributed by atoms with E-state index in [1.807, 2.05) is 11.4 Å². The second kappa shape index (κ2) is 4.86. The Morgan fingerprint density at radius 1 is 1.42 bits per heavy atom. The number of rotatable bonds is 2. The van der Waals surface area contributed by atoms with Crippen molar-refractivity contribution in [3.63, 3.8) is 0 Å². The molecule has 1 aliphatic rings. The zero-order valence-electron chi connectivity index (χ0n) is 9.93. The third kappa shape index (κ3) is 2.46. The monoisotopic (exact) mass is 338 g/mol. The molecule has 3 rings (SSSR count). The lowest BCUT2D eigenvalue weighted by Crippen LogP contribution is -2.38. The zero-order valence-corrected chi connectivity index (χ0v) is 12.3. The summed E-state index contributed by atoms with van der Waals surface area (Å²) in [5.74, 6) is 0.645. The molecule has 1 aliphatic heterocycles. The van der Waals surface area contributed by atoms with Gasteiger partial charge in [0.1, 0.15) is 5.75 Å². The van der Waals surface area contributed by atoms with E-state index in [4.69, 9.17) is 10.5 Å². The highest BCUT2D eigenvalue weighted by Gasteiger charge is 2.26. The molecule has 1 aromatic carbocycles. The van der Waals surface area contributed by atoms with Gasteiger partial charge in [0.25, 0.3) is 5.91 Å². The van der Waals surface area contributed by atoms with Crippen LogP contribution in [0.3, 0.4) is 0 Å². The minimum Gasteiger partial charge on any atom is -0.482 e. The molecular formula is C13H11BrN2O2S. The molecule has 2 heterocycles. The Labute approximate surface area is 122 Å². The molecule has 1 amide bonds. The van der Waals surface area contributed by atoms with Crippen LogP contribution in [-0.4, -0.2) is 12.5 Å². The lowest BCUT2D eigenvalue weighted by molar-refractivity contribution is -0.121. The lowest BCUT2D eigenvalue weighted by atomic mass is 10.2. The van der Waals surface area contributed by atoms with E-state index >= 15 is 0 Å². The van der Waals surface area contributed by atoms with Crippen LogP contribution in [0.1, 0.15) is 4.88 Å². The molecule has 0 unspecified atom stereocenters. The molecule has 0 atom stereocenters. The molecule has 0 spiro atoms. The number of benzene rings is 1. The first-order valence-electron chi connectivity index (χ1n) is 5.69. The fourth-order valence-corrected chi connectivity index (χ4v) is 3.42. The molecule has 1 aromatic heterocycles. The van der Waals surface area contributed by atoms with Crippen molar-refractivity contribution in [2.45, 2.75) is 6.54 Å². The number of hydrogen-bond acceptors (Lipinski definition) is 4. The van der Waals surface area contributed by atoms with E-state index in [0.717, 1.165) is 15.0 Å². The number of nitrogen functional groups attached to an aromatic ring is 1. The molecule has 6 heteroatoms. The zero-order chi connectivity index (χ0) is 13.4. The quantitative estimate of drug-likeness (QED) is 0.856. The van der Waals surface area contributed by atoms with Gasteiger partial charge < -0.3 is 15.4 Å². The summed E-state index contributed by atoms with van der Waals surface area (Å²) in [4.78, 5) is 14.9. The van der Waals surface area contributed by atoms with Gasteiger partial charge >= 0.3 is 0 Å². The van der Waals surface area contributed by atoms with Crippen molar-refractivity contribution in [2.75, 3.05) is 17.2 Å². The Morgan fingerprint density at radius 2 is 2.26 bits per heavy atom. The Balaban J connectivity index is 1.96. The van der Waals surface area contributed by atoms with Gasteiger partial charge in [0.05, 0.1) is 12.2 Å². The van der Waals surface area contributed by atoms with Gasteiger partial charge in [-0.05, 0) is 40.2 Å². The van der Waals surface area contributed by atoms with E-state index in [1.165, 1.54) is 0 Å². The van der Waals surface area contributed by atoms with E-state index in [0.29, 0.717) is 18.0 Å². The Hall–Kier alpha value is -1.53. The predicted octanol–water partition coefficient (Wildman–Crippen LogP) is 3.02. The normalized spacial score (nSPS) is 14.2. The van der Waals surface area contributed by atoms with Crippen LogP contribution in [0.25, 0.3) is 0 Å². The number of nitrogens with two attached hydrogens (primary N) is 1. The molecule has 0 saturated heterocycles. The van der Waals surface area contributed by atoms with E-state index in [1.54, 1.807) is 34.4 Å². The molecule has 4 nitrogen and oxygen atoms in total. The van der Waals surface area contributed by atoms with E-state index in [-0.39, 0.29) is 12.5 Å².